The number of nitrogens with zero attached hydrogens (tertiary/aromatic N) is 1. The molecule has 0 spiro atoms. The number of nitrogens with one attached hydrogen (secondary N) is 2. The quantitative estimate of drug-likeness (QED) is 0.582. The molecule has 0 bridgehead atoms. The molecule has 0 saturated carbocycles. The standard InChI is InChI=1S/C17H24FN3O2/c1-21(2)9-3-8-19-17(23)15-10-13(11-20-15)16(22)12-4-6-14(18)7-5-12/h4-7,13,15,20H,3,8-11H2,1-2H3,(H,19,23). The second-order valence-corrected chi connectivity index (χ2v) is 6.21. The zero-order valence-electron chi connectivity index (χ0n) is 13.6. The fraction of sp³-hybridized carbons (Fsp3) is 0.529. The van der Waals surface area contributed by atoms with Gasteiger partial charge in [0.25, 0.3) is 0 Å². The summed E-state index contributed by atoms with van der Waals surface area (Å²) >= 11 is 0. The highest BCUT2D eigenvalue weighted by molar-refractivity contribution is 5.99. The van der Waals surface area contributed by atoms with Gasteiger partial charge in [0.1, 0.15) is 5.82 Å². The average Bonchev–Trinajstić information content (AvgIpc) is 3.01. The monoisotopic (exact) mass is 321 g/mol. The number of benzene rings is 1. The van der Waals surface area contributed by atoms with Crippen molar-refractivity contribution in [3.63, 3.8) is 0 Å². The van der Waals surface area contributed by atoms with Gasteiger partial charge in [-0.05, 0) is 57.7 Å². The molecule has 0 radical (unpaired) electrons. The number of carbonyl (C=O) groups excluding carboxylic acids is 2. The maximum atomic E-state index is 12.9. The topological polar surface area (TPSA) is 61.4 Å². The van der Waals surface area contributed by atoms with Crippen LogP contribution in [0.5, 0.6) is 0 Å². The minimum absolute atomic E-state index is 0.0413. The van der Waals surface area contributed by atoms with E-state index in [-0.39, 0.29) is 29.5 Å². The van der Waals surface area contributed by atoms with Crippen molar-refractivity contribution in [1.82, 2.24) is 15.5 Å². The molecular formula is C17H24FN3O2. The third kappa shape index (κ3) is 5.11. The first-order chi connectivity index (χ1) is 11.0. The van der Waals surface area contributed by atoms with Crippen molar-refractivity contribution < 1.29 is 14.0 Å². The maximum absolute atomic E-state index is 12.9. The van der Waals surface area contributed by atoms with Crippen molar-refractivity contribution >= 4 is 11.7 Å². The molecule has 2 N–H and O–H groups in total. The second kappa shape index (κ2) is 8.17. The van der Waals surface area contributed by atoms with Gasteiger partial charge in [-0.15, -0.1) is 0 Å². The highest BCUT2D eigenvalue weighted by Crippen LogP contribution is 2.19. The lowest BCUT2D eigenvalue weighted by atomic mass is 9.95. The molecule has 1 aliphatic rings. The Labute approximate surface area is 136 Å². The van der Waals surface area contributed by atoms with Crippen LogP contribution >= 0.6 is 0 Å². The Kier molecular flexibility index (Phi) is 6.24. The summed E-state index contributed by atoms with van der Waals surface area (Å²) in [6, 6.07) is 5.22. The molecule has 2 atom stereocenters. The van der Waals surface area contributed by atoms with Crippen LogP contribution in [0.15, 0.2) is 24.3 Å². The molecule has 126 valence electrons. The summed E-state index contributed by atoms with van der Waals surface area (Å²) < 4.78 is 12.9. The minimum atomic E-state index is -0.360. The first kappa shape index (κ1) is 17.6. The van der Waals surface area contributed by atoms with E-state index in [9.17, 15) is 14.0 Å². The molecule has 0 aromatic heterocycles. The fourth-order valence-corrected chi connectivity index (χ4v) is 2.72. The number of carbonyl (C=O) groups is 2. The Morgan fingerprint density at radius 2 is 2.00 bits per heavy atom. The van der Waals surface area contributed by atoms with E-state index in [4.69, 9.17) is 0 Å². The van der Waals surface area contributed by atoms with E-state index in [0.717, 1.165) is 13.0 Å². The summed E-state index contributed by atoms with van der Waals surface area (Å²) in [6.45, 7) is 2.03. The third-order valence-electron chi connectivity index (χ3n) is 4.03. The second-order valence-electron chi connectivity index (χ2n) is 6.21. The van der Waals surface area contributed by atoms with Crippen LogP contribution in [0.25, 0.3) is 0 Å². The zero-order chi connectivity index (χ0) is 16.8. The number of rotatable bonds is 7. The summed E-state index contributed by atoms with van der Waals surface area (Å²) in [7, 11) is 3.98. The Morgan fingerprint density at radius 3 is 2.65 bits per heavy atom. The molecule has 1 saturated heterocycles. The van der Waals surface area contributed by atoms with Crippen molar-refractivity contribution in [2.75, 3.05) is 33.7 Å². The van der Waals surface area contributed by atoms with Crippen LogP contribution in [0.4, 0.5) is 4.39 Å². The van der Waals surface area contributed by atoms with Crippen LogP contribution in [0, 0.1) is 11.7 Å². The summed E-state index contributed by atoms with van der Waals surface area (Å²) in [5.74, 6) is -0.697. The molecule has 1 fully saturated rings. The SMILES string of the molecule is CN(C)CCCNC(=O)C1CC(C(=O)c2ccc(F)cc2)CN1. The number of hydrogen-bond donors (Lipinski definition) is 2. The van der Waals surface area contributed by atoms with E-state index in [0.29, 0.717) is 25.1 Å². The normalized spacial score (nSPS) is 20.7. The van der Waals surface area contributed by atoms with E-state index >= 15 is 0 Å². The van der Waals surface area contributed by atoms with Gasteiger partial charge in [0.2, 0.25) is 5.91 Å². The number of Topliss-reactive ketones (excluding diaryl/α,β-unsaturated/α-hetero) is 1. The van der Waals surface area contributed by atoms with Crippen LogP contribution in [0.1, 0.15) is 23.2 Å². The van der Waals surface area contributed by atoms with Gasteiger partial charge in [0, 0.05) is 24.6 Å². The minimum Gasteiger partial charge on any atom is -0.355 e. The fourth-order valence-electron chi connectivity index (χ4n) is 2.72. The number of ketones is 1. The Morgan fingerprint density at radius 1 is 1.30 bits per heavy atom. The first-order valence-corrected chi connectivity index (χ1v) is 7.93. The molecular weight excluding hydrogens is 297 g/mol. The van der Waals surface area contributed by atoms with Crippen LogP contribution in [-0.4, -0.2) is 56.4 Å². The molecule has 1 heterocycles. The Hall–Kier alpha value is -1.79. The van der Waals surface area contributed by atoms with Crippen molar-refractivity contribution in [3.8, 4) is 0 Å². The lowest BCUT2D eigenvalue weighted by Crippen LogP contribution is -2.41. The van der Waals surface area contributed by atoms with Crippen molar-refractivity contribution in [2.45, 2.75) is 18.9 Å². The lowest BCUT2D eigenvalue weighted by molar-refractivity contribution is -0.122. The third-order valence-corrected chi connectivity index (χ3v) is 4.03. The Balaban J connectivity index is 1.80. The summed E-state index contributed by atoms with van der Waals surface area (Å²) in [6.07, 6.45) is 1.37. The molecule has 1 aliphatic heterocycles. The van der Waals surface area contributed by atoms with Gasteiger partial charge < -0.3 is 15.5 Å². The Bertz CT molecular complexity index is 545. The largest absolute Gasteiger partial charge is 0.355 e. The van der Waals surface area contributed by atoms with E-state index in [1.807, 2.05) is 14.1 Å². The van der Waals surface area contributed by atoms with Gasteiger partial charge in [0.05, 0.1) is 6.04 Å². The molecule has 1 aromatic carbocycles. The van der Waals surface area contributed by atoms with Crippen LogP contribution < -0.4 is 10.6 Å². The first-order valence-electron chi connectivity index (χ1n) is 7.93. The highest BCUT2D eigenvalue weighted by atomic mass is 19.1. The highest BCUT2D eigenvalue weighted by Gasteiger charge is 2.33. The van der Waals surface area contributed by atoms with Gasteiger partial charge in [-0.1, -0.05) is 0 Å². The van der Waals surface area contributed by atoms with Gasteiger partial charge in [0.15, 0.2) is 5.78 Å². The zero-order valence-corrected chi connectivity index (χ0v) is 13.6. The van der Waals surface area contributed by atoms with Crippen LogP contribution in [0.3, 0.4) is 0 Å². The predicted octanol–water partition coefficient (Wildman–Crippen LogP) is 1.05. The van der Waals surface area contributed by atoms with Gasteiger partial charge >= 0.3 is 0 Å². The summed E-state index contributed by atoms with van der Waals surface area (Å²) in [5.41, 5.74) is 0.491. The molecule has 2 rings (SSSR count). The molecule has 2 unspecified atom stereocenters. The average molecular weight is 321 g/mol. The molecule has 23 heavy (non-hydrogen) atoms. The van der Waals surface area contributed by atoms with Gasteiger partial charge in [-0.2, -0.15) is 0 Å². The predicted molar refractivity (Wildman–Crippen MR) is 86.8 cm³/mol. The summed E-state index contributed by atoms with van der Waals surface area (Å²) in [4.78, 5) is 26.5. The van der Waals surface area contributed by atoms with E-state index in [2.05, 4.69) is 15.5 Å². The summed E-state index contributed by atoms with van der Waals surface area (Å²) in [5, 5.41) is 6.00. The van der Waals surface area contributed by atoms with Gasteiger partial charge in [-0.3, -0.25) is 9.59 Å². The molecule has 1 aromatic rings. The van der Waals surface area contributed by atoms with E-state index < -0.39 is 0 Å². The smallest absolute Gasteiger partial charge is 0.237 e. The molecule has 0 aliphatic carbocycles. The maximum Gasteiger partial charge on any atom is 0.237 e. The lowest BCUT2D eigenvalue weighted by Gasteiger charge is -2.13. The van der Waals surface area contributed by atoms with Crippen LogP contribution in [-0.2, 0) is 4.79 Å². The van der Waals surface area contributed by atoms with Crippen LogP contribution in [0.2, 0.25) is 0 Å². The molecule has 1 amide bonds. The van der Waals surface area contributed by atoms with Crippen molar-refractivity contribution in [1.29, 1.82) is 0 Å². The number of amides is 1. The number of halogens is 1. The van der Waals surface area contributed by atoms with E-state index in [1.54, 1.807) is 0 Å². The van der Waals surface area contributed by atoms with Gasteiger partial charge in [-0.25, -0.2) is 4.39 Å². The molecule has 5 nitrogen and oxygen atoms in total. The number of hydrogen-bond acceptors (Lipinski definition) is 4. The van der Waals surface area contributed by atoms with Crippen molar-refractivity contribution in [2.24, 2.45) is 5.92 Å². The molecule has 6 heteroatoms. The van der Waals surface area contributed by atoms with Crippen molar-refractivity contribution in [3.05, 3.63) is 35.6 Å². The van der Waals surface area contributed by atoms with E-state index in [1.165, 1.54) is 24.3 Å².